The lowest BCUT2D eigenvalue weighted by Crippen LogP contribution is -2.36. The van der Waals surface area contributed by atoms with Gasteiger partial charge in [-0.2, -0.15) is 13.2 Å². The molecule has 0 aromatic carbocycles. The van der Waals surface area contributed by atoms with Crippen molar-refractivity contribution >= 4 is 5.97 Å². The first-order valence-electron chi connectivity index (χ1n) is 4.89. The fourth-order valence-electron chi connectivity index (χ4n) is 1.13. The molecule has 1 atom stereocenters. The Labute approximate surface area is 86.7 Å². The molecule has 0 radical (unpaired) electrons. The van der Waals surface area contributed by atoms with Crippen molar-refractivity contribution in [2.45, 2.75) is 44.8 Å². The lowest BCUT2D eigenvalue weighted by atomic mass is 10.2. The molecule has 0 aromatic heterocycles. The molecule has 90 valence electrons. The third kappa shape index (κ3) is 8.23. The molecule has 0 saturated heterocycles. The Bertz CT molecular complexity index is 194. The average Bonchev–Trinajstić information content (AvgIpc) is 2.08. The summed E-state index contributed by atoms with van der Waals surface area (Å²) in [6, 6.07) is -0.657. The quantitative estimate of drug-likeness (QED) is 0.655. The first-order valence-corrected chi connectivity index (χ1v) is 4.89. The van der Waals surface area contributed by atoms with Crippen LogP contribution < -0.4 is 5.32 Å². The zero-order chi connectivity index (χ0) is 11.9. The Hall–Kier alpha value is -0.780. The molecule has 0 amide bonds. The van der Waals surface area contributed by atoms with Crippen molar-refractivity contribution in [3.63, 3.8) is 0 Å². The van der Waals surface area contributed by atoms with E-state index in [4.69, 9.17) is 5.11 Å². The van der Waals surface area contributed by atoms with Gasteiger partial charge in [-0.3, -0.25) is 4.79 Å². The molecular weight excluding hydrogens is 211 g/mol. The second-order valence-electron chi connectivity index (χ2n) is 3.33. The third-order valence-corrected chi connectivity index (χ3v) is 1.98. The summed E-state index contributed by atoms with van der Waals surface area (Å²) in [7, 11) is 0. The molecular formula is C9H16F3NO2. The molecule has 0 heterocycles. The van der Waals surface area contributed by atoms with Gasteiger partial charge < -0.3 is 10.4 Å². The highest BCUT2D eigenvalue weighted by Crippen LogP contribution is 2.21. The molecule has 3 nitrogen and oxygen atoms in total. The first kappa shape index (κ1) is 14.2. The van der Waals surface area contributed by atoms with Gasteiger partial charge >= 0.3 is 12.1 Å². The van der Waals surface area contributed by atoms with E-state index in [1.165, 1.54) is 0 Å². The molecule has 0 aromatic rings. The summed E-state index contributed by atoms with van der Waals surface area (Å²) >= 11 is 0. The maximum Gasteiger partial charge on any atom is 0.389 e. The summed E-state index contributed by atoms with van der Waals surface area (Å²) in [5, 5.41) is 11.3. The topological polar surface area (TPSA) is 49.3 Å². The van der Waals surface area contributed by atoms with Gasteiger partial charge in [-0.1, -0.05) is 6.92 Å². The maximum absolute atomic E-state index is 11.7. The minimum atomic E-state index is -4.11. The van der Waals surface area contributed by atoms with E-state index in [0.717, 1.165) is 0 Å². The van der Waals surface area contributed by atoms with E-state index in [1.54, 1.807) is 6.92 Å². The molecule has 0 fully saturated rings. The molecule has 0 aliphatic carbocycles. The van der Waals surface area contributed by atoms with Gasteiger partial charge in [0.2, 0.25) is 0 Å². The zero-order valence-corrected chi connectivity index (χ0v) is 8.60. The van der Waals surface area contributed by atoms with Gasteiger partial charge in [-0.05, 0) is 25.8 Å². The van der Waals surface area contributed by atoms with E-state index in [-0.39, 0.29) is 6.42 Å². The summed E-state index contributed by atoms with van der Waals surface area (Å²) in [4.78, 5) is 10.5. The van der Waals surface area contributed by atoms with Crippen molar-refractivity contribution in [2.75, 3.05) is 6.54 Å². The Balaban J connectivity index is 3.49. The van der Waals surface area contributed by atoms with Gasteiger partial charge in [0.05, 0.1) is 0 Å². The number of nitrogens with one attached hydrogen (secondary N) is 1. The number of carboxylic acids is 1. The number of halogens is 3. The van der Waals surface area contributed by atoms with E-state index >= 15 is 0 Å². The lowest BCUT2D eigenvalue weighted by Gasteiger charge is -2.12. The van der Waals surface area contributed by atoms with Crippen molar-refractivity contribution in [2.24, 2.45) is 0 Å². The van der Waals surface area contributed by atoms with Crippen molar-refractivity contribution in [3.05, 3.63) is 0 Å². The SMILES string of the molecule is CCC(NCCCCC(F)(F)F)C(=O)O. The van der Waals surface area contributed by atoms with Gasteiger partial charge in [0.15, 0.2) is 0 Å². The van der Waals surface area contributed by atoms with Crippen LogP contribution in [0, 0.1) is 0 Å². The van der Waals surface area contributed by atoms with Crippen LogP contribution in [-0.4, -0.2) is 29.8 Å². The highest BCUT2D eigenvalue weighted by molar-refractivity contribution is 5.73. The van der Waals surface area contributed by atoms with Gasteiger partial charge in [0.25, 0.3) is 0 Å². The Morgan fingerprint density at radius 3 is 2.40 bits per heavy atom. The predicted molar refractivity (Wildman–Crippen MR) is 49.6 cm³/mol. The number of hydrogen-bond acceptors (Lipinski definition) is 2. The van der Waals surface area contributed by atoms with E-state index in [1.807, 2.05) is 0 Å². The summed E-state index contributed by atoms with van der Waals surface area (Å²) in [6.45, 7) is 2.02. The minimum Gasteiger partial charge on any atom is -0.480 e. The second-order valence-corrected chi connectivity index (χ2v) is 3.33. The second kappa shape index (κ2) is 6.66. The number of carbonyl (C=O) groups is 1. The number of carboxylic acid groups (broad SMARTS) is 1. The zero-order valence-electron chi connectivity index (χ0n) is 8.60. The van der Waals surface area contributed by atoms with Gasteiger partial charge in [-0.25, -0.2) is 0 Å². The molecule has 0 spiro atoms. The molecule has 0 saturated carbocycles. The van der Waals surface area contributed by atoms with Gasteiger partial charge in [0, 0.05) is 6.42 Å². The van der Waals surface area contributed by atoms with Crippen LogP contribution in [-0.2, 0) is 4.79 Å². The number of alkyl halides is 3. The summed E-state index contributed by atoms with van der Waals surface area (Å²) in [5.41, 5.74) is 0. The van der Waals surface area contributed by atoms with Crippen molar-refractivity contribution in [1.82, 2.24) is 5.32 Å². The molecule has 15 heavy (non-hydrogen) atoms. The fourth-order valence-corrected chi connectivity index (χ4v) is 1.13. The van der Waals surface area contributed by atoms with Crippen molar-refractivity contribution in [3.8, 4) is 0 Å². The van der Waals surface area contributed by atoms with Crippen molar-refractivity contribution in [1.29, 1.82) is 0 Å². The normalized spacial score (nSPS) is 13.9. The van der Waals surface area contributed by atoms with Crippen LogP contribution >= 0.6 is 0 Å². The lowest BCUT2D eigenvalue weighted by molar-refractivity contribution is -0.140. The summed E-state index contributed by atoms with van der Waals surface area (Å²) < 4.78 is 35.2. The Morgan fingerprint density at radius 1 is 1.40 bits per heavy atom. The number of unbranched alkanes of at least 4 members (excludes halogenated alkanes) is 1. The molecule has 0 aliphatic rings. The Morgan fingerprint density at radius 2 is 2.00 bits per heavy atom. The average molecular weight is 227 g/mol. The van der Waals surface area contributed by atoms with Crippen molar-refractivity contribution < 1.29 is 23.1 Å². The van der Waals surface area contributed by atoms with Crippen LogP contribution in [0.3, 0.4) is 0 Å². The van der Waals surface area contributed by atoms with E-state index < -0.39 is 24.6 Å². The molecule has 0 aliphatic heterocycles. The maximum atomic E-state index is 11.7. The molecule has 1 unspecified atom stereocenters. The fraction of sp³-hybridized carbons (Fsp3) is 0.889. The summed E-state index contributed by atoms with van der Waals surface area (Å²) in [5.74, 6) is -0.965. The molecule has 0 rings (SSSR count). The van der Waals surface area contributed by atoms with Gasteiger partial charge in [0.1, 0.15) is 6.04 Å². The van der Waals surface area contributed by atoms with E-state index in [2.05, 4.69) is 5.32 Å². The predicted octanol–water partition coefficient (Wildman–Crippen LogP) is 2.17. The molecule has 6 heteroatoms. The van der Waals surface area contributed by atoms with Crippen LogP contribution in [0.4, 0.5) is 13.2 Å². The smallest absolute Gasteiger partial charge is 0.389 e. The van der Waals surface area contributed by atoms with Crippen LogP contribution in [0.5, 0.6) is 0 Å². The number of hydrogen-bond donors (Lipinski definition) is 2. The van der Waals surface area contributed by atoms with E-state index in [9.17, 15) is 18.0 Å². The van der Waals surface area contributed by atoms with Gasteiger partial charge in [-0.15, -0.1) is 0 Å². The number of rotatable bonds is 7. The third-order valence-electron chi connectivity index (χ3n) is 1.98. The largest absolute Gasteiger partial charge is 0.480 e. The first-order chi connectivity index (χ1) is 6.87. The molecule has 2 N–H and O–H groups in total. The van der Waals surface area contributed by atoms with Crippen LogP contribution in [0.1, 0.15) is 32.6 Å². The minimum absolute atomic E-state index is 0.0343. The Kier molecular flexibility index (Phi) is 6.31. The van der Waals surface area contributed by atoms with E-state index in [0.29, 0.717) is 19.4 Å². The monoisotopic (exact) mass is 227 g/mol. The van der Waals surface area contributed by atoms with Crippen LogP contribution in [0.15, 0.2) is 0 Å². The summed E-state index contributed by atoms with van der Waals surface area (Å²) in [6.07, 6.45) is -4.13. The highest BCUT2D eigenvalue weighted by atomic mass is 19.4. The molecule has 0 bridgehead atoms. The highest BCUT2D eigenvalue weighted by Gasteiger charge is 2.25. The standard InChI is InChI=1S/C9H16F3NO2/c1-2-7(8(14)15)13-6-4-3-5-9(10,11)12/h7,13H,2-6H2,1H3,(H,14,15). The van der Waals surface area contributed by atoms with Crippen LogP contribution in [0.2, 0.25) is 0 Å². The number of aliphatic carboxylic acids is 1. The van der Waals surface area contributed by atoms with Crippen LogP contribution in [0.25, 0.3) is 0 Å².